The van der Waals surface area contributed by atoms with Gasteiger partial charge in [0.1, 0.15) is 0 Å². The maximum atomic E-state index is 12.3. The summed E-state index contributed by atoms with van der Waals surface area (Å²) in [4.78, 5) is 24.4. The quantitative estimate of drug-likeness (QED) is 0.759. The monoisotopic (exact) mass is 387 g/mol. The molecule has 1 amide bonds. The first-order valence-corrected chi connectivity index (χ1v) is 10.6. The van der Waals surface area contributed by atoms with Crippen LogP contribution in [0.5, 0.6) is 0 Å². The number of nitrogens with one attached hydrogen (secondary N) is 1. The Bertz CT molecular complexity index is 743. The maximum Gasteiger partial charge on any atom is 0.338 e. The first kappa shape index (κ1) is 18.9. The fourth-order valence-corrected chi connectivity index (χ4v) is 5.40. The molecule has 0 aromatic heterocycles. The van der Waals surface area contributed by atoms with Crippen molar-refractivity contribution in [3.8, 4) is 0 Å². The van der Waals surface area contributed by atoms with Crippen molar-refractivity contribution in [3.63, 3.8) is 0 Å². The van der Waals surface area contributed by atoms with Crippen molar-refractivity contribution in [3.05, 3.63) is 71.3 Å². The van der Waals surface area contributed by atoms with Crippen molar-refractivity contribution in [1.29, 1.82) is 0 Å². The Hall–Kier alpha value is -1.92. The van der Waals surface area contributed by atoms with Crippen molar-refractivity contribution < 1.29 is 14.3 Å². The van der Waals surface area contributed by atoms with Crippen LogP contribution < -0.4 is 5.32 Å². The average Bonchev–Trinajstić information content (AvgIpc) is 3.21. The molecule has 1 saturated heterocycles. The number of carbonyl (C=O) groups is 2. The number of ether oxygens (including phenoxy) is 1. The molecule has 2 aromatic rings. The van der Waals surface area contributed by atoms with Gasteiger partial charge < -0.3 is 10.1 Å². The highest BCUT2D eigenvalue weighted by atomic mass is 32.2. The summed E-state index contributed by atoms with van der Waals surface area (Å²) in [6, 6.07) is 17.1. The van der Waals surface area contributed by atoms with Crippen LogP contribution in [-0.4, -0.2) is 29.5 Å². The second-order valence-electron chi connectivity index (χ2n) is 5.95. The Labute approximate surface area is 162 Å². The molecule has 0 bridgehead atoms. The molecule has 2 aromatic carbocycles. The number of rotatable bonds is 6. The number of thioether (sulfide) groups is 2. The van der Waals surface area contributed by atoms with Gasteiger partial charge in [0.2, 0.25) is 0 Å². The molecular formula is C20H21NO3S2. The normalized spacial score (nSPS) is 15.4. The van der Waals surface area contributed by atoms with Crippen molar-refractivity contribution in [2.75, 3.05) is 11.5 Å². The predicted octanol–water partition coefficient (Wildman–Crippen LogP) is 4.03. The third kappa shape index (κ3) is 5.05. The molecule has 0 unspecified atom stereocenters. The van der Waals surface area contributed by atoms with E-state index in [0.717, 1.165) is 17.1 Å². The van der Waals surface area contributed by atoms with E-state index >= 15 is 0 Å². The zero-order valence-corrected chi connectivity index (χ0v) is 16.1. The minimum atomic E-state index is -0.841. The summed E-state index contributed by atoms with van der Waals surface area (Å²) in [5, 5.41) is 2.78. The fraction of sp³-hybridized carbons (Fsp3) is 0.300. The van der Waals surface area contributed by atoms with Gasteiger partial charge >= 0.3 is 5.97 Å². The number of hydrogen-bond acceptors (Lipinski definition) is 5. The van der Waals surface area contributed by atoms with E-state index in [1.807, 2.05) is 66.0 Å². The number of esters is 1. The molecule has 1 aliphatic heterocycles. The van der Waals surface area contributed by atoms with E-state index in [-0.39, 0.29) is 5.91 Å². The summed E-state index contributed by atoms with van der Waals surface area (Å²) < 4.78 is 5.74. The van der Waals surface area contributed by atoms with E-state index < -0.39 is 12.1 Å². The maximum absolute atomic E-state index is 12.3. The lowest BCUT2D eigenvalue weighted by Gasteiger charge is -2.14. The van der Waals surface area contributed by atoms with E-state index in [4.69, 9.17) is 4.74 Å². The molecule has 0 saturated carbocycles. The third-order valence-corrected chi connectivity index (χ3v) is 7.11. The van der Waals surface area contributed by atoms with Crippen molar-refractivity contribution in [2.45, 2.75) is 24.2 Å². The van der Waals surface area contributed by atoms with Crippen LogP contribution in [0.15, 0.2) is 54.6 Å². The Morgan fingerprint density at radius 3 is 2.38 bits per heavy atom. The fourth-order valence-electron chi connectivity index (χ4n) is 2.54. The SMILES string of the molecule is C[C@@H](OC(=O)c1ccc(C2SCCS2)cc1)C(=O)NCc1ccccc1. The first-order chi connectivity index (χ1) is 12.6. The zero-order valence-electron chi connectivity index (χ0n) is 14.5. The molecule has 3 rings (SSSR count). The molecule has 26 heavy (non-hydrogen) atoms. The lowest BCUT2D eigenvalue weighted by molar-refractivity contribution is -0.129. The van der Waals surface area contributed by atoms with Gasteiger partial charge in [-0.1, -0.05) is 42.5 Å². The number of amides is 1. The zero-order chi connectivity index (χ0) is 18.4. The van der Waals surface area contributed by atoms with Crippen molar-refractivity contribution in [1.82, 2.24) is 5.32 Å². The van der Waals surface area contributed by atoms with Crippen LogP contribution in [0.25, 0.3) is 0 Å². The smallest absolute Gasteiger partial charge is 0.338 e. The van der Waals surface area contributed by atoms with Gasteiger partial charge in [0.25, 0.3) is 5.91 Å². The van der Waals surface area contributed by atoms with Gasteiger partial charge in [0.15, 0.2) is 6.10 Å². The van der Waals surface area contributed by atoms with Gasteiger partial charge in [-0.05, 0) is 30.2 Å². The van der Waals surface area contributed by atoms with E-state index in [9.17, 15) is 9.59 Å². The molecule has 0 aliphatic carbocycles. The van der Waals surface area contributed by atoms with Gasteiger partial charge in [0.05, 0.1) is 10.1 Å². The van der Waals surface area contributed by atoms with Gasteiger partial charge in [-0.15, -0.1) is 23.5 Å². The van der Waals surface area contributed by atoms with Crippen molar-refractivity contribution >= 4 is 35.4 Å². The summed E-state index contributed by atoms with van der Waals surface area (Å²) in [5.41, 5.74) is 2.67. The number of benzene rings is 2. The Morgan fingerprint density at radius 1 is 1.08 bits per heavy atom. The standard InChI is InChI=1S/C20H21NO3S2/c1-14(18(22)21-13-15-5-3-2-4-6-15)24-19(23)16-7-9-17(10-8-16)20-25-11-12-26-20/h2-10,14,20H,11-13H2,1H3,(H,21,22)/t14-/m1/s1. The Kier molecular flexibility index (Phi) is 6.63. The average molecular weight is 388 g/mol. The van der Waals surface area contributed by atoms with Gasteiger partial charge in [-0.25, -0.2) is 4.79 Å². The third-order valence-electron chi connectivity index (χ3n) is 4.00. The Morgan fingerprint density at radius 2 is 1.73 bits per heavy atom. The van der Waals surface area contributed by atoms with Crippen LogP contribution in [-0.2, 0) is 16.1 Å². The van der Waals surface area contributed by atoms with Crippen LogP contribution in [0.4, 0.5) is 0 Å². The molecule has 1 N–H and O–H groups in total. The molecule has 1 heterocycles. The van der Waals surface area contributed by atoms with Crippen LogP contribution in [0.3, 0.4) is 0 Å². The second-order valence-corrected chi connectivity index (χ2v) is 8.67. The molecule has 1 aliphatic rings. The highest BCUT2D eigenvalue weighted by Gasteiger charge is 2.21. The molecule has 0 spiro atoms. The molecule has 6 heteroatoms. The highest BCUT2D eigenvalue weighted by molar-refractivity contribution is 8.19. The summed E-state index contributed by atoms with van der Waals surface area (Å²) >= 11 is 3.84. The van der Waals surface area contributed by atoms with Gasteiger partial charge in [0, 0.05) is 18.1 Å². The summed E-state index contributed by atoms with van der Waals surface area (Å²) in [7, 11) is 0. The summed E-state index contributed by atoms with van der Waals surface area (Å²) in [6.45, 7) is 1.99. The van der Waals surface area contributed by atoms with Crippen molar-refractivity contribution in [2.24, 2.45) is 0 Å². The molecule has 1 atom stereocenters. The number of hydrogen-bond donors (Lipinski definition) is 1. The van der Waals surface area contributed by atoms with Crippen LogP contribution in [0.1, 0.15) is 33.0 Å². The molecular weight excluding hydrogens is 366 g/mol. The molecule has 0 radical (unpaired) electrons. The Balaban J connectivity index is 1.50. The molecule has 4 nitrogen and oxygen atoms in total. The summed E-state index contributed by atoms with van der Waals surface area (Å²) in [5.74, 6) is 1.53. The molecule has 136 valence electrons. The van der Waals surface area contributed by atoms with E-state index in [0.29, 0.717) is 16.7 Å². The minimum Gasteiger partial charge on any atom is -0.449 e. The van der Waals surface area contributed by atoms with Gasteiger partial charge in [-0.3, -0.25) is 4.79 Å². The van der Waals surface area contributed by atoms with Gasteiger partial charge in [-0.2, -0.15) is 0 Å². The van der Waals surface area contributed by atoms with Crippen LogP contribution >= 0.6 is 23.5 Å². The minimum absolute atomic E-state index is 0.308. The highest BCUT2D eigenvalue weighted by Crippen LogP contribution is 2.45. The van der Waals surface area contributed by atoms with E-state index in [1.54, 1.807) is 19.1 Å². The topological polar surface area (TPSA) is 55.4 Å². The lowest BCUT2D eigenvalue weighted by Crippen LogP contribution is -2.35. The van der Waals surface area contributed by atoms with Crippen LogP contribution in [0.2, 0.25) is 0 Å². The lowest BCUT2D eigenvalue weighted by atomic mass is 10.1. The first-order valence-electron chi connectivity index (χ1n) is 8.49. The summed E-state index contributed by atoms with van der Waals surface area (Å²) in [6.07, 6.45) is -0.841. The van der Waals surface area contributed by atoms with E-state index in [2.05, 4.69) is 5.32 Å². The predicted molar refractivity (Wildman–Crippen MR) is 107 cm³/mol. The second kappa shape index (κ2) is 9.14. The molecule has 1 fully saturated rings. The van der Waals surface area contributed by atoms with E-state index in [1.165, 1.54) is 5.56 Å². The van der Waals surface area contributed by atoms with Crippen LogP contribution in [0, 0.1) is 0 Å². The number of carbonyl (C=O) groups excluding carboxylic acids is 2. The largest absolute Gasteiger partial charge is 0.449 e.